The van der Waals surface area contributed by atoms with Crippen molar-refractivity contribution in [1.29, 1.82) is 0 Å². The van der Waals surface area contributed by atoms with Crippen LogP contribution in [0.1, 0.15) is 40.0 Å². The van der Waals surface area contributed by atoms with Crippen LogP contribution in [0.15, 0.2) is 65.6 Å². The molecule has 1 aliphatic rings. The summed E-state index contributed by atoms with van der Waals surface area (Å²) in [5.74, 6) is 0.571. The van der Waals surface area contributed by atoms with Gasteiger partial charge in [-0.3, -0.25) is 4.79 Å². The molecule has 0 radical (unpaired) electrons. The van der Waals surface area contributed by atoms with Gasteiger partial charge in [-0.25, -0.2) is 17.5 Å². The molecule has 35 heavy (non-hydrogen) atoms. The smallest absolute Gasteiger partial charge is 0.252 e. The number of sulfonamides is 1. The summed E-state index contributed by atoms with van der Waals surface area (Å²) in [5.41, 5.74) is 2.58. The Morgan fingerprint density at radius 3 is 2.46 bits per heavy atom. The molecule has 0 aliphatic carbocycles. The van der Waals surface area contributed by atoms with Gasteiger partial charge in [-0.1, -0.05) is 24.3 Å². The maximum absolute atomic E-state index is 13.0. The molecule has 7 nitrogen and oxygen atoms in total. The first-order chi connectivity index (χ1) is 16.7. The lowest BCUT2D eigenvalue weighted by Gasteiger charge is -2.21. The maximum Gasteiger partial charge on any atom is 0.252 e. The Morgan fingerprint density at radius 2 is 1.71 bits per heavy atom. The minimum absolute atomic E-state index is 0.000612. The summed E-state index contributed by atoms with van der Waals surface area (Å²) in [7, 11) is -3.84. The van der Waals surface area contributed by atoms with E-state index in [1.807, 2.05) is 25.1 Å². The highest BCUT2D eigenvalue weighted by Gasteiger charge is 2.20. The van der Waals surface area contributed by atoms with Crippen molar-refractivity contribution in [1.82, 2.24) is 10.0 Å². The monoisotopic (exact) mass is 498 g/mol. The van der Waals surface area contributed by atoms with Crippen LogP contribution in [0.4, 0.5) is 4.39 Å². The number of hydrogen-bond donors (Lipinski definition) is 2. The quantitative estimate of drug-likeness (QED) is 0.491. The Morgan fingerprint density at radius 1 is 1.00 bits per heavy atom. The van der Waals surface area contributed by atoms with Crippen molar-refractivity contribution >= 4 is 15.9 Å². The lowest BCUT2D eigenvalue weighted by Crippen LogP contribution is -2.29. The van der Waals surface area contributed by atoms with Crippen LogP contribution >= 0.6 is 0 Å². The number of amides is 1. The summed E-state index contributed by atoms with van der Waals surface area (Å²) in [6.07, 6.45) is 0.408. The average Bonchev–Trinajstić information content (AvgIpc) is 2.85. The van der Waals surface area contributed by atoms with Gasteiger partial charge in [0, 0.05) is 12.1 Å². The van der Waals surface area contributed by atoms with Crippen LogP contribution in [-0.4, -0.2) is 34.1 Å². The van der Waals surface area contributed by atoms with Gasteiger partial charge in [-0.15, -0.1) is 0 Å². The van der Waals surface area contributed by atoms with Crippen LogP contribution in [0.5, 0.6) is 11.5 Å². The van der Waals surface area contributed by atoms with E-state index in [0.29, 0.717) is 36.7 Å². The molecule has 0 unspecified atom stereocenters. The molecule has 3 aromatic rings. The fourth-order valence-corrected chi connectivity index (χ4v) is 4.82. The van der Waals surface area contributed by atoms with Crippen LogP contribution in [0.3, 0.4) is 0 Å². The summed E-state index contributed by atoms with van der Waals surface area (Å²) in [6.45, 7) is 4.70. The van der Waals surface area contributed by atoms with Crippen molar-refractivity contribution in [3.8, 4) is 11.5 Å². The third kappa shape index (κ3) is 5.98. The zero-order valence-corrected chi connectivity index (χ0v) is 20.3. The number of hydrogen-bond acceptors (Lipinski definition) is 5. The van der Waals surface area contributed by atoms with E-state index < -0.39 is 10.0 Å². The normalized spacial score (nSPS) is 13.8. The highest BCUT2D eigenvalue weighted by atomic mass is 32.2. The molecular formula is C26H27FN2O5S. The molecule has 0 fully saturated rings. The Hall–Kier alpha value is -3.43. The molecule has 0 bridgehead atoms. The van der Waals surface area contributed by atoms with Crippen molar-refractivity contribution in [2.45, 2.75) is 31.2 Å². The number of rotatable bonds is 8. The Bertz CT molecular complexity index is 1330. The first-order valence-electron chi connectivity index (χ1n) is 11.3. The average molecular weight is 499 g/mol. The molecule has 9 heteroatoms. The third-order valence-electron chi connectivity index (χ3n) is 5.80. The molecule has 0 spiro atoms. The highest BCUT2D eigenvalue weighted by molar-refractivity contribution is 7.89. The number of halogens is 1. The number of aryl methyl sites for hydroxylation is 1. The van der Waals surface area contributed by atoms with E-state index in [9.17, 15) is 17.6 Å². The van der Waals surface area contributed by atoms with E-state index in [1.54, 1.807) is 25.1 Å². The first-order valence-corrected chi connectivity index (χ1v) is 12.8. The number of ether oxygens (including phenoxy) is 2. The van der Waals surface area contributed by atoms with E-state index in [0.717, 1.165) is 11.1 Å². The second-order valence-corrected chi connectivity index (χ2v) is 10.1. The summed E-state index contributed by atoms with van der Waals surface area (Å²) < 4.78 is 52.4. The lowest BCUT2D eigenvalue weighted by atomic mass is 10.0. The van der Waals surface area contributed by atoms with Crippen LogP contribution in [0.25, 0.3) is 0 Å². The molecular weight excluding hydrogens is 471 g/mol. The zero-order valence-electron chi connectivity index (χ0n) is 19.5. The van der Waals surface area contributed by atoms with Gasteiger partial charge in [-0.2, -0.15) is 0 Å². The predicted molar refractivity (Wildman–Crippen MR) is 130 cm³/mol. The molecule has 4 rings (SSSR count). The third-order valence-corrected chi connectivity index (χ3v) is 7.26. The van der Waals surface area contributed by atoms with E-state index in [1.165, 1.54) is 24.3 Å². The van der Waals surface area contributed by atoms with Gasteiger partial charge in [0.25, 0.3) is 5.91 Å². The van der Waals surface area contributed by atoms with Crippen LogP contribution in [0.2, 0.25) is 0 Å². The van der Waals surface area contributed by atoms with E-state index >= 15 is 0 Å². The highest BCUT2D eigenvalue weighted by Crippen LogP contribution is 2.32. The molecule has 1 aliphatic heterocycles. The molecule has 1 heterocycles. The number of benzene rings is 3. The number of fused-ring (bicyclic) bond motifs is 1. The fourth-order valence-electron chi connectivity index (χ4n) is 3.76. The molecule has 0 aromatic heterocycles. The van der Waals surface area contributed by atoms with Crippen LogP contribution < -0.4 is 19.5 Å². The fraction of sp³-hybridized carbons (Fsp3) is 0.269. The van der Waals surface area contributed by atoms with Crippen molar-refractivity contribution in [2.75, 3.05) is 19.8 Å². The molecule has 1 amide bonds. The zero-order chi connectivity index (χ0) is 25.0. The van der Waals surface area contributed by atoms with Crippen LogP contribution in [-0.2, 0) is 16.4 Å². The van der Waals surface area contributed by atoms with Crippen molar-refractivity contribution in [2.24, 2.45) is 0 Å². The maximum atomic E-state index is 13.0. The minimum Gasteiger partial charge on any atom is -0.486 e. The number of carbonyl (C=O) groups excluding carboxylic acids is 1. The van der Waals surface area contributed by atoms with Crippen molar-refractivity contribution in [3.05, 3.63) is 88.7 Å². The standard InChI is InChI=1S/C26H27FN2O5S/c1-17-3-9-22(35(31,32)28-12-11-19-4-7-21(27)8-5-19)16-23(17)26(30)29-18(2)20-6-10-24-25(15-20)34-14-13-33-24/h3-10,15-16,18,28H,11-14H2,1-2H3,(H,29,30)/t18-/m1/s1. The second kappa shape index (κ2) is 10.5. The molecule has 0 saturated heterocycles. The molecule has 0 saturated carbocycles. The van der Waals surface area contributed by atoms with Gasteiger partial charge >= 0.3 is 0 Å². The predicted octanol–water partition coefficient (Wildman–Crippen LogP) is 3.92. The van der Waals surface area contributed by atoms with Crippen molar-refractivity contribution < 1.29 is 27.1 Å². The van der Waals surface area contributed by atoms with E-state index in [4.69, 9.17) is 9.47 Å². The van der Waals surface area contributed by atoms with Gasteiger partial charge in [0.05, 0.1) is 10.9 Å². The molecule has 3 aromatic carbocycles. The SMILES string of the molecule is Cc1ccc(S(=O)(=O)NCCc2ccc(F)cc2)cc1C(=O)N[C@H](C)c1ccc2c(c1)OCCO2. The largest absolute Gasteiger partial charge is 0.486 e. The Balaban J connectivity index is 1.43. The van der Waals surface area contributed by atoms with Gasteiger partial charge in [0.1, 0.15) is 19.0 Å². The van der Waals surface area contributed by atoms with Gasteiger partial charge in [-0.05, 0) is 73.4 Å². The number of nitrogens with one attached hydrogen (secondary N) is 2. The Kier molecular flexibility index (Phi) is 7.37. The first kappa shape index (κ1) is 24.7. The topological polar surface area (TPSA) is 93.7 Å². The van der Waals surface area contributed by atoms with Crippen LogP contribution in [0, 0.1) is 12.7 Å². The minimum atomic E-state index is -3.84. The molecule has 2 N–H and O–H groups in total. The van der Waals surface area contributed by atoms with E-state index in [-0.39, 0.29) is 34.8 Å². The summed E-state index contributed by atoms with van der Waals surface area (Å²) >= 11 is 0. The van der Waals surface area contributed by atoms with Crippen molar-refractivity contribution in [3.63, 3.8) is 0 Å². The number of carbonyl (C=O) groups is 1. The summed E-state index contributed by atoms with van der Waals surface area (Å²) in [4.78, 5) is 13.0. The summed E-state index contributed by atoms with van der Waals surface area (Å²) in [5, 5.41) is 2.93. The van der Waals surface area contributed by atoms with Gasteiger partial charge < -0.3 is 14.8 Å². The molecule has 1 atom stereocenters. The molecule has 184 valence electrons. The second-order valence-electron chi connectivity index (χ2n) is 8.35. The summed E-state index contributed by atoms with van der Waals surface area (Å²) in [6, 6.07) is 15.5. The Labute approximate surface area is 204 Å². The lowest BCUT2D eigenvalue weighted by molar-refractivity contribution is 0.0939. The van der Waals surface area contributed by atoms with E-state index in [2.05, 4.69) is 10.0 Å². The van der Waals surface area contributed by atoms with Gasteiger partial charge in [0.15, 0.2) is 11.5 Å². The van der Waals surface area contributed by atoms with Gasteiger partial charge in [0.2, 0.25) is 10.0 Å².